The number of benzene rings is 4. The number of sulfonamides is 1. The molecule has 0 aliphatic carbocycles. The van der Waals surface area contributed by atoms with Crippen LogP contribution in [0.3, 0.4) is 0 Å². The Morgan fingerprint density at radius 3 is 2.05 bits per heavy atom. The molecule has 0 spiro atoms. The van der Waals surface area contributed by atoms with E-state index in [-0.39, 0.29) is 17.3 Å². The predicted octanol–water partition coefficient (Wildman–Crippen LogP) is 7.22. The van der Waals surface area contributed by atoms with E-state index in [1.807, 2.05) is 39.8 Å². The third kappa shape index (κ3) is 5.87. The molecule has 0 aliphatic rings. The molecular formula is C30H29ClN2O3S. The van der Waals surface area contributed by atoms with Crippen molar-refractivity contribution in [1.29, 1.82) is 0 Å². The fourth-order valence-electron chi connectivity index (χ4n) is 4.36. The van der Waals surface area contributed by atoms with Crippen molar-refractivity contribution in [2.45, 2.75) is 39.1 Å². The van der Waals surface area contributed by atoms with E-state index in [2.05, 4.69) is 5.32 Å². The lowest BCUT2D eigenvalue weighted by Crippen LogP contribution is -2.31. The topological polar surface area (TPSA) is 66.5 Å². The Morgan fingerprint density at radius 2 is 1.43 bits per heavy atom. The summed E-state index contributed by atoms with van der Waals surface area (Å²) < 4.78 is 28.7. The van der Waals surface area contributed by atoms with Gasteiger partial charge in [-0.15, -0.1) is 0 Å². The number of carbonyl (C=O) groups excluding carboxylic acids is 1. The first-order valence-corrected chi connectivity index (χ1v) is 13.7. The quantitative estimate of drug-likeness (QED) is 0.273. The molecule has 7 heteroatoms. The highest BCUT2D eigenvalue weighted by molar-refractivity contribution is 7.92. The molecule has 0 fully saturated rings. The minimum absolute atomic E-state index is 0.0798. The minimum atomic E-state index is -3.88. The van der Waals surface area contributed by atoms with E-state index in [0.29, 0.717) is 16.3 Å². The number of hydrogen-bond acceptors (Lipinski definition) is 3. The van der Waals surface area contributed by atoms with E-state index in [1.165, 1.54) is 4.31 Å². The van der Waals surface area contributed by atoms with Gasteiger partial charge in [0.15, 0.2) is 0 Å². The van der Waals surface area contributed by atoms with Gasteiger partial charge in [0.05, 0.1) is 17.1 Å². The van der Waals surface area contributed by atoms with Gasteiger partial charge in [-0.1, -0.05) is 65.7 Å². The zero-order valence-corrected chi connectivity index (χ0v) is 22.8. The Hall–Kier alpha value is -3.61. The van der Waals surface area contributed by atoms with Gasteiger partial charge in [-0.05, 0) is 86.3 Å². The third-order valence-electron chi connectivity index (χ3n) is 6.23. The number of anilines is 2. The van der Waals surface area contributed by atoms with Crippen molar-refractivity contribution in [2.24, 2.45) is 0 Å². The smallest absolute Gasteiger partial charge is 0.264 e. The second-order valence-electron chi connectivity index (χ2n) is 9.18. The summed E-state index contributed by atoms with van der Waals surface area (Å²) >= 11 is 6.25. The second-order valence-corrected chi connectivity index (χ2v) is 11.5. The van der Waals surface area contributed by atoms with Gasteiger partial charge in [0.25, 0.3) is 15.9 Å². The molecule has 4 aromatic rings. The van der Waals surface area contributed by atoms with Crippen LogP contribution in [0.1, 0.15) is 38.2 Å². The van der Waals surface area contributed by atoms with Gasteiger partial charge < -0.3 is 5.32 Å². The average molecular weight is 533 g/mol. The molecule has 0 saturated heterocycles. The summed E-state index contributed by atoms with van der Waals surface area (Å²) in [6.07, 6.45) is 0. The van der Waals surface area contributed by atoms with Gasteiger partial charge >= 0.3 is 0 Å². The summed E-state index contributed by atoms with van der Waals surface area (Å²) in [7, 11) is -3.88. The van der Waals surface area contributed by atoms with Gasteiger partial charge in [-0.2, -0.15) is 0 Å². The van der Waals surface area contributed by atoms with Crippen molar-refractivity contribution in [1.82, 2.24) is 0 Å². The van der Waals surface area contributed by atoms with Crippen molar-refractivity contribution in [3.8, 4) is 0 Å². The van der Waals surface area contributed by atoms with E-state index in [0.717, 1.165) is 33.5 Å². The fourth-order valence-corrected chi connectivity index (χ4v) is 6.06. The Morgan fingerprint density at radius 1 is 0.811 bits per heavy atom. The molecule has 0 heterocycles. The van der Waals surface area contributed by atoms with E-state index in [4.69, 9.17) is 11.6 Å². The molecule has 1 N–H and O–H groups in total. The number of amides is 1. The predicted molar refractivity (Wildman–Crippen MR) is 151 cm³/mol. The normalized spacial score (nSPS) is 11.3. The van der Waals surface area contributed by atoms with Crippen molar-refractivity contribution >= 4 is 38.9 Å². The number of nitrogens with zero attached hydrogens (tertiary/aromatic N) is 1. The fraction of sp³-hybridized carbons (Fsp3) is 0.167. The third-order valence-corrected chi connectivity index (χ3v) is 8.24. The maximum atomic E-state index is 13.7. The van der Waals surface area contributed by atoms with Crippen LogP contribution in [0.25, 0.3) is 0 Å². The molecule has 4 aromatic carbocycles. The molecular weight excluding hydrogens is 504 g/mol. The largest absolute Gasteiger partial charge is 0.322 e. The molecule has 0 aliphatic heterocycles. The summed E-state index contributed by atoms with van der Waals surface area (Å²) in [6, 6.07) is 24.5. The number of nitrogens with one attached hydrogen (secondary N) is 1. The maximum Gasteiger partial charge on any atom is 0.264 e. The lowest BCUT2D eigenvalue weighted by Gasteiger charge is -2.26. The highest BCUT2D eigenvalue weighted by Crippen LogP contribution is 2.31. The van der Waals surface area contributed by atoms with Crippen LogP contribution in [0.5, 0.6) is 0 Å². The molecule has 0 saturated carbocycles. The molecule has 0 unspecified atom stereocenters. The average Bonchev–Trinajstić information content (AvgIpc) is 2.87. The van der Waals surface area contributed by atoms with Gasteiger partial charge in [0.1, 0.15) is 0 Å². The summed E-state index contributed by atoms with van der Waals surface area (Å²) in [5, 5.41) is 3.45. The Balaban J connectivity index is 1.64. The lowest BCUT2D eigenvalue weighted by atomic mass is 10.0. The van der Waals surface area contributed by atoms with Gasteiger partial charge in [0.2, 0.25) is 0 Å². The van der Waals surface area contributed by atoms with Crippen LogP contribution in [0.4, 0.5) is 11.4 Å². The highest BCUT2D eigenvalue weighted by atomic mass is 35.5. The summed E-state index contributed by atoms with van der Waals surface area (Å²) in [5.74, 6) is -0.221. The Bertz CT molecular complexity index is 1530. The first kappa shape index (κ1) is 26.5. The van der Waals surface area contributed by atoms with Crippen LogP contribution in [0.15, 0.2) is 89.8 Å². The molecule has 0 atom stereocenters. The van der Waals surface area contributed by atoms with Crippen LogP contribution >= 0.6 is 11.6 Å². The van der Waals surface area contributed by atoms with E-state index in [9.17, 15) is 13.2 Å². The summed E-state index contributed by atoms with van der Waals surface area (Å²) in [6.45, 7) is 7.89. The van der Waals surface area contributed by atoms with Crippen molar-refractivity contribution < 1.29 is 13.2 Å². The van der Waals surface area contributed by atoms with Crippen LogP contribution in [0.2, 0.25) is 5.02 Å². The first-order valence-electron chi connectivity index (χ1n) is 11.9. The second kappa shape index (κ2) is 10.8. The van der Waals surface area contributed by atoms with Gasteiger partial charge in [-0.3, -0.25) is 9.10 Å². The maximum absolute atomic E-state index is 13.7. The molecule has 4 rings (SSSR count). The SMILES string of the molecule is Cc1cc(C)c(NC(=O)c2ccc(CN(c3cc(Cl)ccc3C)S(=O)(=O)c3ccccc3)cc2)c(C)c1. The molecule has 190 valence electrons. The van der Waals surface area contributed by atoms with E-state index in [1.54, 1.807) is 72.8 Å². The number of carbonyl (C=O) groups is 1. The van der Waals surface area contributed by atoms with E-state index >= 15 is 0 Å². The number of aryl methyl sites for hydroxylation is 4. The van der Waals surface area contributed by atoms with E-state index < -0.39 is 10.0 Å². The van der Waals surface area contributed by atoms with Gasteiger partial charge in [0, 0.05) is 16.3 Å². The van der Waals surface area contributed by atoms with Gasteiger partial charge in [-0.25, -0.2) is 8.42 Å². The van der Waals surface area contributed by atoms with Crippen molar-refractivity contribution in [3.05, 3.63) is 123 Å². The summed E-state index contributed by atoms with van der Waals surface area (Å²) in [4.78, 5) is 13.1. The molecule has 0 bridgehead atoms. The number of hydrogen-bond donors (Lipinski definition) is 1. The highest BCUT2D eigenvalue weighted by Gasteiger charge is 2.26. The Labute approximate surface area is 223 Å². The van der Waals surface area contributed by atoms with Crippen LogP contribution in [-0.2, 0) is 16.6 Å². The van der Waals surface area contributed by atoms with Crippen molar-refractivity contribution in [3.63, 3.8) is 0 Å². The van der Waals surface area contributed by atoms with Crippen molar-refractivity contribution in [2.75, 3.05) is 9.62 Å². The molecule has 37 heavy (non-hydrogen) atoms. The number of halogens is 1. The Kier molecular flexibility index (Phi) is 7.71. The monoisotopic (exact) mass is 532 g/mol. The standard InChI is InChI=1S/C30H29ClN2O3S/c1-20-16-22(3)29(23(4)17-20)32-30(34)25-13-11-24(12-14-25)19-33(28-18-26(31)15-10-21(28)2)37(35,36)27-8-6-5-7-9-27/h5-18H,19H2,1-4H3,(H,32,34). The molecule has 1 amide bonds. The lowest BCUT2D eigenvalue weighted by molar-refractivity contribution is 0.102. The van der Waals surface area contributed by atoms with Crippen LogP contribution in [0, 0.1) is 27.7 Å². The molecule has 0 aromatic heterocycles. The number of rotatable bonds is 7. The first-order chi connectivity index (χ1) is 17.6. The molecule has 5 nitrogen and oxygen atoms in total. The molecule has 0 radical (unpaired) electrons. The van der Waals surface area contributed by atoms with Crippen LogP contribution < -0.4 is 9.62 Å². The van der Waals surface area contributed by atoms with Crippen LogP contribution in [-0.4, -0.2) is 14.3 Å². The summed E-state index contributed by atoms with van der Waals surface area (Å²) in [5.41, 5.74) is 6.45. The zero-order chi connectivity index (χ0) is 26.7. The minimum Gasteiger partial charge on any atom is -0.322 e. The zero-order valence-electron chi connectivity index (χ0n) is 21.2.